The van der Waals surface area contributed by atoms with E-state index in [4.69, 9.17) is 10.5 Å². The first-order valence-electron chi connectivity index (χ1n) is 8.86. The zero-order valence-electron chi connectivity index (χ0n) is 15.3. The average Bonchev–Trinajstić information content (AvgIpc) is 2.63. The highest BCUT2D eigenvalue weighted by Crippen LogP contribution is 2.38. The molecule has 7 heteroatoms. The Kier molecular flexibility index (Phi) is 9.44. The fourth-order valence-corrected chi connectivity index (χ4v) is 3.29. The molecule has 0 unspecified atom stereocenters. The molecule has 0 bridgehead atoms. The summed E-state index contributed by atoms with van der Waals surface area (Å²) in [5, 5.41) is 2.93. The van der Waals surface area contributed by atoms with Crippen LogP contribution in [0.3, 0.4) is 0 Å². The van der Waals surface area contributed by atoms with Crippen molar-refractivity contribution in [2.45, 2.75) is 44.9 Å². The Morgan fingerprint density at radius 2 is 1.81 bits per heavy atom. The third kappa shape index (κ3) is 6.84. The molecular formula is C19H29ClN2O4. The normalized spacial score (nSPS) is 15.5. The van der Waals surface area contributed by atoms with Gasteiger partial charge in [0.1, 0.15) is 5.75 Å². The summed E-state index contributed by atoms with van der Waals surface area (Å²) < 4.78 is 10.0. The van der Waals surface area contributed by atoms with Crippen LogP contribution in [0.1, 0.15) is 44.9 Å². The number of hydrogen-bond acceptors (Lipinski definition) is 5. The molecule has 6 nitrogen and oxygen atoms in total. The maximum Gasteiger partial charge on any atom is 0.308 e. The minimum Gasteiger partial charge on any atom is -0.493 e. The molecule has 1 saturated carbocycles. The Morgan fingerprint density at radius 3 is 2.38 bits per heavy atom. The van der Waals surface area contributed by atoms with Gasteiger partial charge in [0.15, 0.2) is 0 Å². The number of carbonyl (C=O) groups is 2. The smallest absolute Gasteiger partial charge is 0.308 e. The zero-order valence-corrected chi connectivity index (χ0v) is 16.1. The highest BCUT2D eigenvalue weighted by Gasteiger charge is 2.32. The van der Waals surface area contributed by atoms with Crippen LogP contribution in [0.2, 0.25) is 0 Å². The van der Waals surface area contributed by atoms with Crippen molar-refractivity contribution >= 4 is 30.0 Å². The summed E-state index contributed by atoms with van der Waals surface area (Å²) in [5.41, 5.74) is 6.64. The van der Waals surface area contributed by atoms with Crippen molar-refractivity contribution in [1.29, 1.82) is 0 Å². The first-order valence-corrected chi connectivity index (χ1v) is 8.86. The van der Waals surface area contributed by atoms with Crippen LogP contribution in [-0.4, -0.2) is 32.1 Å². The van der Waals surface area contributed by atoms with Crippen LogP contribution in [0.15, 0.2) is 24.3 Å². The van der Waals surface area contributed by atoms with E-state index in [9.17, 15) is 9.59 Å². The number of methoxy groups -OCH3 is 1. The first kappa shape index (κ1) is 22.3. The number of benzene rings is 1. The molecule has 0 atom stereocenters. The van der Waals surface area contributed by atoms with E-state index in [1.807, 2.05) is 0 Å². The van der Waals surface area contributed by atoms with Crippen molar-refractivity contribution in [3.8, 4) is 5.75 Å². The molecule has 1 aliphatic carbocycles. The third-order valence-corrected chi connectivity index (χ3v) is 4.82. The molecule has 0 radical (unpaired) electrons. The van der Waals surface area contributed by atoms with Crippen LogP contribution in [-0.2, 0) is 14.3 Å². The molecule has 1 amide bonds. The number of hydrogen-bond donors (Lipinski definition) is 2. The maximum atomic E-state index is 12.4. The van der Waals surface area contributed by atoms with Gasteiger partial charge in [-0.1, -0.05) is 19.3 Å². The highest BCUT2D eigenvalue weighted by atomic mass is 35.5. The molecule has 0 spiro atoms. The van der Waals surface area contributed by atoms with Crippen molar-refractivity contribution in [2.24, 2.45) is 11.1 Å². The molecule has 0 aromatic heterocycles. The number of esters is 1. The van der Waals surface area contributed by atoms with Crippen LogP contribution in [0.25, 0.3) is 0 Å². The van der Waals surface area contributed by atoms with Gasteiger partial charge < -0.3 is 20.5 Å². The number of rotatable bonds is 8. The van der Waals surface area contributed by atoms with Crippen molar-refractivity contribution in [3.05, 3.63) is 24.3 Å². The standard InChI is InChI=1S/C19H28N2O4.ClH/c1-24-18(23)9-12-25-16-7-5-15(6-8-16)21-17(22)13-19(14-20)10-3-2-4-11-19;/h5-8H,2-4,9-14,20H2,1H3,(H,21,22);1H. The summed E-state index contributed by atoms with van der Waals surface area (Å²) in [6, 6.07) is 7.13. The predicted octanol–water partition coefficient (Wildman–Crippen LogP) is 3.29. The Balaban J connectivity index is 0.00000338. The third-order valence-electron chi connectivity index (χ3n) is 4.82. The largest absolute Gasteiger partial charge is 0.493 e. The van der Waals surface area contributed by atoms with E-state index in [2.05, 4.69) is 10.1 Å². The van der Waals surface area contributed by atoms with Crippen LogP contribution < -0.4 is 15.8 Å². The lowest BCUT2D eigenvalue weighted by atomic mass is 9.71. The fraction of sp³-hybridized carbons (Fsp3) is 0.579. The van der Waals surface area contributed by atoms with Crippen molar-refractivity contribution in [2.75, 3.05) is 25.6 Å². The van der Waals surface area contributed by atoms with E-state index in [0.717, 1.165) is 31.4 Å². The minimum atomic E-state index is -0.305. The average molecular weight is 385 g/mol. The molecule has 1 aliphatic rings. The van der Waals surface area contributed by atoms with Gasteiger partial charge in [0.05, 0.1) is 20.1 Å². The predicted molar refractivity (Wildman–Crippen MR) is 104 cm³/mol. The number of ether oxygens (including phenoxy) is 2. The molecule has 0 heterocycles. The van der Waals surface area contributed by atoms with Crippen molar-refractivity contribution in [1.82, 2.24) is 0 Å². The molecule has 1 aromatic rings. The number of nitrogens with two attached hydrogens (primary N) is 1. The van der Waals surface area contributed by atoms with Gasteiger partial charge in [-0.05, 0) is 49.1 Å². The van der Waals surface area contributed by atoms with E-state index in [-0.39, 0.29) is 42.7 Å². The molecule has 146 valence electrons. The molecule has 1 fully saturated rings. The van der Waals surface area contributed by atoms with E-state index in [1.165, 1.54) is 13.5 Å². The molecule has 0 saturated heterocycles. The number of halogens is 1. The lowest BCUT2D eigenvalue weighted by Gasteiger charge is -2.35. The van der Waals surface area contributed by atoms with Gasteiger partial charge in [-0.2, -0.15) is 0 Å². The Labute approximate surface area is 161 Å². The van der Waals surface area contributed by atoms with Gasteiger partial charge >= 0.3 is 5.97 Å². The van der Waals surface area contributed by atoms with Gasteiger partial charge in [-0.3, -0.25) is 9.59 Å². The van der Waals surface area contributed by atoms with Crippen LogP contribution in [0.4, 0.5) is 5.69 Å². The lowest BCUT2D eigenvalue weighted by Crippen LogP contribution is -2.36. The van der Waals surface area contributed by atoms with Crippen LogP contribution in [0.5, 0.6) is 5.75 Å². The van der Waals surface area contributed by atoms with Gasteiger partial charge in [0, 0.05) is 12.1 Å². The number of amides is 1. The van der Waals surface area contributed by atoms with Crippen molar-refractivity contribution < 1.29 is 19.1 Å². The topological polar surface area (TPSA) is 90.6 Å². The van der Waals surface area contributed by atoms with Crippen molar-refractivity contribution in [3.63, 3.8) is 0 Å². The summed E-state index contributed by atoms with van der Waals surface area (Å²) >= 11 is 0. The molecule has 1 aromatic carbocycles. The van der Waals surface area contributed by atoms with Crippen LogP contribution >= 0.6 is 12.4 Å². The summed E-state index contributed by atoms with van der Waals surface area (Å²) in [6.07, 6.45) is 6.29. The summed E-state index contributed by atoms with van der Waals surface area (Å²) in [4.78, 5) is 23.4. The molecular weight excluding hydrogens is 356 g/mol. The van der Waals surface area contributed by atoms with Crippen LogP contribution in [0, 0.1) is 5.41 Å². The summed E-state index contributed by atoms with van der Waals surface area (Å²) in [5.74, 6) is 0.347. The van der Waals surface area contributed by atoms with E-state index >= 15 is 0 Å². The molecule has 26 heavy (non-hydrogen) atoms. The Hall–Kier alpha value is -1.79. The second-order valence-corrected chi connectivity index (χ2v) is 6.69. The lowest BCUT2D eigenvalue weighted by molar-refractivity contribution is -0.141. The number of carbonyl (C=O) groups excluding carboxylic acids is 2. The Bertz CT molecular complexity index is 571. The summed E-state index contributed by atoms with van der Waals surface area (Å²) in [6.45, 7) is 0.824. The zero-order chi connectivity index (χ0) is 18.1. The SMILES string of the molecule is COC(=O)CCOc1ccc(NC(=O)CC2(CN)CCCCC2)cc1.Cl. The molecule has 0 aliphatic heterocycles. The summed E-state index contributed by atoms with van der Waals surface area (Å²) in [7, 11) is 1.35. The van der Waals surface area contributed by atoms with Gasteiger partial charge in [-0.15, -0.1) is 12.4 Å². The number of nitrogens with one attached hydrogen (secondary N) is 1. The number of anilines is 1. The van der Waals surface area contributed by atoms with E-state index in [1.54, 1.807) is 24.3 Å². The maximum absolute atomic E-state index is 12.4. The second-order valence-electron chi connectivity index (χ2n) is 6.69. The van der Waals surface area contributed by atoms with E-state index < -0.39 is 0 Å². The first-order chi connectivity index (χ1) is 12.1. The fourth-order valence-electron chi connectivity index (χ4n) is 3.29. The highest BCUT2D eigenvalue weighted by molar-refractivity contribution is 5.91. The Morgan fingerprint density at radius 1 is 1.15 bits per heavy atom. The van der Waals surface area contributed by atoms with E-state index in [0.29, 0.717) is 18.7 Å². The van der Waals surface area contributed by atoms with Gasteiger partial charge in [-0.25, -0.2) is 0 Å². The van der Waals surface area contributed by atoms with Gasteiger partial charge in [0.25, 0.3) is 0 Å². The quantitative estimate of drug-likeness (QED) is 0.671. The van der Waals surface area contributed by atoms with Gasteiger partial charge in [0.2, 0.25) is 5.91 Å². The second kappa shape index (κ2) is 11.0. The molecule has 2 rings (SSSR count). The molecule has 3 N–H and O–H groups in total. The minimum absolute atomic E-state index is 0. The monoisotopic (exact) mass is 384 g/mol.